The van der Waals surface area contributed by atoms with Crippen molar-refractivity contribution in [2.45, 2.75) is 19.3 Å². The minimum atomic E-state index is -0.183. The van der Waals surface area contributed by atoms with E-state index in [9.17, 15) is 9.59 Å². The Morgan fingerprint density at radius 3 is 2.67 bits per heavy atom. The van der Waals surface area contributed by atoms with E-state index in [4.69, 9.17) is 13.9 Å². The molecule has 6 heteroatoms. The van der Waals surface area contributed by atoms with Gasteiger partial charge >= 0.3 is 5.97 Å². The van der Waals surface area contributed by atoms with Crippen molar-refractivity contribution in [3.63, 3.8) is 0 Å². The molecule has 1 saturated heterocycles. The van der Waals surface area contributed by atoms with Crippen LogP contribution in [-0.2, 0) is 20.7 Å². The van der Waals surface area contributed by atoms with Gasteiger partial charge in [0.05, 0.1) is 32.8 Å². The van der Waals surface area contributed by atoms with Gasteiger partial charge in [0, 0.05) is 30.1 Å². The molecule has 0 aliphatic carbocycles. The summed E-state index contributed by atoms with van der Waals surface area (Å²) >= 11 is 0. The van der Waals surface area contributed by atoms with Gasteiger partial charge in [-0.2, -0.15) is 0 Å². The van der Waals surface area contributed by atoms with Crippen LogP contribution in [0.4, 0.5) is 0 Å². The molecule has 0 bridgehead atoms. The lowest BCUT2D eigenvalue weighted by Crippen LogP contribution is -2.41. The van der Waals surface area contributed by atoms with Crippen LogP contribution < -0.4 is 4.74 Å². The highest BCUT2D eigenvalue weighted by molar-refractivity contribution is 5.88. The molecule has 1 fully saturated rings. The fourth-order valence-electron chi connectivity index (χ4n) is 3.13. The number of nitrogens with zero attached hydrogens (tertiary/aromatic N) is 1. The molecule has 1 aromatic heterocycles. The van der Waals surface area contributed by atoms with Crippen LogP contribution in [0.5, 0.6) is 5.75 Å². The number of methoxy groups -OCH3 is 2. The molecular formula is C18H21NO5. The summed E-state index contributed by atoms with van der Waals surface area (Å²) < 4.78 is 15.5. The number of esters is 1. The third kappa shape index (κ3) is 3.22. The predicted molar refractivity (Wildman–Crippen MR) is 87.8 cm³/mol. The fraction of sp³-hybridized carbons (Fsp3) is 0.444. The molecule has 6 nitrogen and oxygen atoms in total. The van der Waals surface area contributed by atoms with Gasteiger partial charge in [0.2, 0.25) is 5.91 Å². The first-order chi connectivity index (χ1) is 11.6. The summed E-state index contributed by atoms with van der Waals surface area (Å²) in [5, 5.41) is 0.925. The van der Waals surface area contributed by atoms with Crippen LogP contribution in [0.2, 0.25) is 0 Å². The summed E-state index contributed by atoms with van der Waals surface area (Å²) in [4.78, 5) is 25.9. The van der Waals surface area contributed by atoms with Crippen LogP contribution in [0.15, 0.2) is 28.9 Å². The van der Waals surface area contributed by atoms with Crippen molar-refractivity contribution < 1.29 is 23.5 Å². The third-order valence-electron chi connectivity index (χ3n) is 4.59. The molecule has 1 aliphatic rings. The van der Waals surface area contributed by atoms with E-state index in [1.807, 2.05) is 23.1 Å². The summed E-state index contributed by atoms with van der Waals surface area (Å²) in [5.41, 5.74) is 1.58. The second kappa shape index (κ2) is 6.95. The van der Waals surface area contributed by atoms with E-state index < -0.39 is 0 Å². The van der Waals surface area contributed by atoms with Crippen LogP contribution in [0.1, 0.15) is 18.4 Å². The van der Waals surface area contributed by atoms with Crippen molar-refractivity contribution in [1.82, 2.24) is 4.90 Å². The molecule has 3 rings (SSSR count). The maximum absolute atomic E-state index is 12.5. The number of furan rings is 1. The largest absolute Gasteiger partial charge is 0.497 e. The number of benzene rings is 1. The average Bonchev–Trinajstić information content (AvgIpc) is 3.03. The molecule has 128 valence electrons. The highest BCUT2D eigenvalue weighted by Crippen LogP contribution is 2.27. The van der Waals surface area contributed by atoms with Crippen molar-refractivity contribution in [3.8, 4) is 5.75 Å². The molecule has 1 aromatic carbocycles. The molecule has 0 spiro atoms. The van der Waals surface area contributed by atoms with Crippen LogP contribution in [-0.4, -0.2) is 44.1 Å². The second-order valence-corrected chi connectivity index (χ2v) is 5.98. The summed E-state index contributed by atoms with van der Waals surface area (Å²) in [6, 6.07) is 5.57. The van der Waals surface area contributed by atoms with E-state index >= 15 is 0 Å². The number of hydrogen-bond acceptors (Lipinski definition) is 5. The van der Waals surface area contributed by atoms with Gasteiger partial charge in [0.25, 0.3) is 0 Å². The molecule has 0 radical (unpaired) electrons. The van der Waals surface area contributed by atoms with Crippen LogP contribution in [0.25, 0.3) is 11.0 Å². The first-order valence-corrected chi connectivity index (χ1v) is 8.02. The number of piperidine rings is 1. The summed E-state index contributed by atoms with van der Waals surface area (Å²) in [6.45, 7) is 1.17. The molecule has 24 heavy (non-hydrogen) atoms. The number of ether oxygens (including phenoxy) is 2. The van der Waals surface area contributed by atoms with Crippen molar-refractivity contribution in [2.75, 3.05) is 27.3 Å². The summed E-state index contributed by atoms with van der Waals surface area (Å²) in [5.74, 6) is 0.495. The Kier molecular flexibility index (Phi) is 4.74. The number of likely N-dealkylation sites (tertiary alicyclic amines) is 1. The van der Waals surface area contributed by atoms with Gasteiger partial charge in [-0.05, 0) is 25.0 Å². The Bertz CT molecular complexity index is 743. The van der Waals surface area contributed by atoms with E-state index in [0.717, 1.165) is 16.7 Å². The number of fused-ring (bicyclic) bond motifs is 1. The molecule has 0 unspecified atom stereocenters. The number of carbonyl (C=O) groups excluding carboxylic acids is 2. The Labute approximate surface area is 140 Å². The standard InChI is InChI=1S/C18H21NO5/c1-22-14-3-4-15-13(11-24-16(15)10-14)9-17(20)19-7-5-12(6-8-19)18(21)23-2/h3-4,10-12H,5-9H2,1-2H3. The lowest BCUT2D eigenvalue weighted by molar-refractivity contribution is -0.148. The molecule has 0 N–H and O–H groups in total. The lowest BCUT2D eigenvalue weighted by Gasteiger charge is -2.30. The van der Waals surface area contributed by atoms with Crippen molar-refractivity contribution in [2.24, 2.45) is 5.92 Å². The van der Waals surface area contributed by atoms with Gasteiger partial charge in [-0.25, -0.2) is 0 Å². The van der Waals surface area contributed by atoms with Gasteiger partial charge in [0.1, 0.15) is 11.3 Å². The molecule has 0 atom stereocenters. The zero-order chi connectivity index (χ0) is 17.1. The predicted octanol–water partition coefficient (Wildman–Crippen LogP) is 2.40. The van der Waals surface area contributed by atoms with Crippen molar-refractivity contribution in [1.29, 1.82) is 0 Å². The molecule has 2 aromatic rings. The zero-order valence-corrected chi connectivity index (χ0v) is 13.9. The van der Waals surface area contributed by atoms with Gasteiger partial charge in [-0.15, -0.1) is 0 Å². The summed E-state index contributed by atoms with van der Waals surface area (Å²) in [6.07, 6.45) is 3.23. The van der Waals surface area contributed by atoms with E-state index in [0.29, 0.717) is 37.9 Å². The molecule has 2 heterocycles. The third-order valence-corrected chi connectivity index (χ3v) is 4.59. The van der Waals surface area contributed by atoms with Crippen LogP contribution in [0, 0.1) is 5.92 Å². The second-order valence-electron chi connectivity index (χ2n) is 5.98. The Morgan fingerprint density at radius 1 is 1.25 bits per heavy atom. The van der Waals surface area contributed by atoms with Gasteiger partial charge < -0.3 is 18.8 Å². The van der Waals surface area contributed by atoms with E-state index in [-0.39, 0.29) is 17.8 Å². The lowest BCUT2D eigenvalue weighted by atomic mass is 9.96. The van der Waals surface area contributed by atoms with Gasteiger partial charge in [-0.1, -0.05) is 0 Å². The molecule has 0 saturated carbocycles. The van der Waals surface area contributed by atoms with Gasteiger partial charge in [-0.3, -0.25) is 9.59 Å². The highest BCUT2D eigenvalue weighted by atomic mass is 16.5. The first-order valence-electron chi connectivity index (χ1n) is 8.02. The Balaban J connectivity index is 1.64. The Morgan fingerprint density at radius 2 is 2.00 bits per heavy atom. The van der Waals surface area contributed by atoms with E-state index in [1.54, 1.807) is 13.4 Å². The first kappa shape index (κ1) is 16.4. The zero-order valence-electron chi connectivity index (χ0n) is 13.9. The van der Waals surface area contributed by atoms with Crippen molar-refractivity contribution in [3.05, 3.63) is 30.0 Å². The van der Waals surface area contributed by atoms with E-state index in [1.165, 1.54) is 7.11 Å². The fourth-order valence-corrected chi connectivity index (χ4v) is 3.13. The highest BCUT2D eigenvalue weighted by Gasteiger charge is 2.28. The number of amides is 1. The normalized spacial score (nSPS) is 15.5. The molecule has 1 aliphatic heterocycles. The summed E-state index contributed by atoms with van der Waals surface area (Å²) in [7, 11) is 3.01. The SMILES string of the molecule is COC(=O)C1CCN(C(=O)Cc2coc3cc(OC)ccc23)CC1. The smallest absolute Gasteiger partial charge is 0.308 e. The topological polar surface area (TPSA) is 69.0 Å². The maximum atomic E-state index is 12.5. The number of rotatable bonds is 4. The van der Waals surface area contributed by atoms with Crippen molar-refractivity contribution >= 4 is 22.8 Å². The van der Waals surface area contributed by atoms with Crippen LogP contribution in [0.3, 0.4) is 0 Å². The minimum absolute atomic E-state index is 0.0526. The quantitative estimate of drug-likeness (QED) is 0.805. The monoisotopic (exact) mass is 331 g/mol. The van der Waals surface area contributed by atoms with Gasteiger partial charge in [0.15, 0.2) is 0 Å². The van der Waals surface area contributed by atoms with E-state index in [2.05, 4.69) is 0 Å². The number of carbonyl (C=O) groups is 2. The Hall–Kier alpha value is -2.50. The number of hydrogen-bond donors (Lipinski definition) is 0. The van der Waals surface area contributed by atoms with Crippen LogP contribution >= 0.6 is 0 Å². The minimum Gasteiger partial charge on any atom is -0.497 e. The molecular weight excluding hydrogens is 310 g/mol. The molecule has 1 amide bonds. The maximum Gasteiger partial charge on any atom is 0.308 e. The average molecular weight is 331 g/mol.